The predicted molar refractivity (Wildman–Crippen MR) is 127 cm³/mol. The van der Waals surface area contributed by atoms with Crippen LogP contribution in [-0.4, -0.2) is 44.8 Å². The Kier molecular flexibility index (Phi) is 5.95. The van der Waals surface area contributed by atoms with E-state index in [2.05, 4.69) is 20.3 Å². The van der Waals surface area contributed by atoms with Crippen molar-refractivity contribution in [2.24, 2.45) is 0 Å². The molecule has 3 heterocycles. The van der Waals surface area contributed by atoms with Gasteiger partial charge in [-0.25, -0.2) is 4.98 Å². The molecule has 4 aromatic rings. The molecule has 8 heteroatoms. The molecule has 0 atom stereocenters. The van der Waals surface area contributed by atoms with Crippen molar-refractivity contribution in [3.63, 3.8) is 0 Å². The van der Waals surface area contributed by atoms with Crippen molar-refractivity contribution in [1.29, 1.82) is 0 Å². The van der Waals surface area contributed by atoms with Crippen LogP contribution in [0.1, 0.15) is 32.7 Å². The number of aromatic amines is 1. The van der Waals surface area contributed by atoms with Crippen LogP contribution >= 0.6 is 0 Å². The van der Waals surface area contributed by atoms with Crippen molar-refractivity contribution in [3.8, 4) is 5.75 Å². The number of amides is 2. The molecule has 172 valence electrons. The van der Waals surface area contributed by atoms with E-state index in [9.17, 15) is 9.59 Å². The fourth-order valence-electron chi connectivity index (χ4n) is 4.27. The fourth-order valence-corrected chi connectivity index (χ4v) is 4.27. The minimum absolute atomic E-state index is 0.00221. The van der Waals surface area contributed by atoms with Crippen molar-refractivity contribution in [3.05, 3.63) is 89.0 Å². The van der Waals surface area contributed by atoms with Gasteiger partial charge in [0.25, 0.3) is 11.8 Å². The summed E-state index contributed by atoms with van der Waals surface area (Å²) in [6.45, 7) is 3.42. The quantitative estimate of drug-likeness (QED) is 0.465. The van der Waals surface area contributed by atoms with Gasteiger partial charge in [0.2, 0.25) is 0 Å². The Bertz CT molecular complexity index is 1350. The molecule has 0 fully saturated rings. The Morgan fingerprint density at radius 3 is 2.85 bits per heavy atom. The molecule has 0 unspecified atom stereocenters. The van der Waals surface area contributed by atoms with Gasteiger partial charge in [-0.05, 0) is 60.4 Å². The second-order valence-corrected chi connectivity index (χ2v) is 8.31. The van der Waals surface area contributed by atoms with Gasteiger partial charge in [0.05, 0.1) is 17.4 Å². The standard InChI is InChI=1S/C26H25N5O3/c1-17-22(13-28-26(33)18-7-8-23-24(11-18)30-16-29-23)21-9-10-31(14-19(21)12-27-17)25(32)15-34-20-5-3-2-4-6-20/h2-8,11-12,16H,9-10,13-15H2,1H3,(H,28,33)(H,29,30). The molecule has 0 spiro atoms. The number of aryl methyl sites for hydroxylation is 1. The Morgan fingerprint density at radius 2 is 2.00 bits per heavy atom. The summed E-state index contributed by atoms with van der Waals surface area (Å²) in [5.41, 5.74) is 6.28. The lowest BCUT2D eigenvalue weighted by atomic mass is 9.94. The second-order valence-electron chi connectivity index (χ2n) is 8.31. The molecule has 0 saturated carbocycles. The SMILES string of the molecule is Cc1ncc2c(c1CNC(=O)c1ccc3nc[nH]c3c1)CCN(C(=O)COc1ccccc1)C2. The Morgan fingerprint density at radius 1 is 1.15 bits per heavy atom. The second kappa shape index (κ2) is 9.35. The maximum absolute atomic E-state index is 12.8. The van der Waals surface area contributed by atoms with Gasteiger partial charge in [0.15, 0.2) is 6.61 Å². The average Bonchev–Trinajstić information content (AvgIpc) is 3.35. The summed E-state index contributed by atoms with van der Waals surface area (Å²) >= 11 is 0. The molecule has 1 aliphatic rings. The van der Waals surface area contributed by atoms with Gasteiger partial charge < -0.3 is 19.9 Å². The number of H-pyrrole nitrogens is 1. The van der Waals surface area contributed by atoms with Crippen molar-refractivity contribution < 1.29 is 14.3 Å². The van der Waals surface area contributed by atoms with E-state index >= 15 is 0 Å². The number of pyridine rings is 1. The number of para-hydroxylation sites is 1. The lowest BCUT2D eigenvalue weighted by Gasteiger charge is -2.30. The minimum atomic E-state index is -0.154. The summed E-state index contributed by atoms with van der Waals surface area (Å²) in [6.07, 6.45) is 4.15. The van der Waals surface area contributed by atoms with Crippen molar-refractivity contribution in [2.75, 3.05) is 13.2 Å². The van der Waals surface area contributed by atoms with Gasteiger partial charge in [-0.3, -0.25) is 14.6 Å². The highest BCUT2D eigenvalue weighted by Gasteiger charge is 2.24. The molecule has 34 heavy (non-hydrogen) atoms. The molecule has 8 nitrogen and oxygen atoms in total. The Hall–Kier alpha value is -4.20. The number of carbonyl (C=O) groups excluding carboxylic acids is 2. The monoisotopic (exact) mass is 455 g/mol. The maximum Gasteiger partial charge on any atom is 0.260 e. The van der Waals surface area contributed by atoms with Crippen LogP contribution in [0.4, 0.5) is 0 Å². The zero-order chi connectivity index (χ0) is 23.5. The molecule has 0 saturated heterocycles. The number of hydrogen-bond donors (Lipinski definition) is 2. The largest absolute Gasteiger partial charge is 0.484 e. The first-order valence-corrected chi connectivity index (χ1v) is 11.2. The van der Waals surface area contributed by atoms with Crippen molar-refractivity contribution in [1.82, 2.24) is 25.2 Å². The number of carbonyl (C=O) groups is 2. The zero-order valence-corrected chi connectivity index (χ0v) is 18.9. The van der Waals surface area contributed by atoms with E-state index in [0.717, 1.165) is 33.4 Å². The smallest absolute Gasteiger partial charge is 0.260 e. The lowest BCUT2D eigenvalue weighted by Crippen LogP contribution is -2.39. The first-order chi connectivity index (χ1) is 16.6. The molecule has 2 aromatic heterocycles. The number of nitrogens with zero attached hydrogens (tertiary/aromatic N) is 3. The first-order valence-electron chi connectivity index (χ1n) is 11.2. The molecular formula is C26H25N5O3. The normalized spacial score (nSPS) is 12.9. The highest BCUT2D eigenvalue weighted by atomic mass is 16.5. The molecule has 0 aliphatic carbocycles. The summed E-state index contributed by atoms with van der Waals surface area (Å²) in [6, 6.07) is 14.7. The van der Waals surface area contributed by atoms with Gasteiger partial charge >= 0.3 is 0 Å². The summed E-state index contributed by atoms with van der Waals surface area (Å²) in [5.74, 6) is 0.466. The third kappa shape index (κ3) is 4.47. The molecule has 2 amide bonds. The molecular weight excluding hydrogens is 430 g/mol. The predicted octanol–water partition coefficient (Wildman–Crippen LogP) is 3.16. The average molecular weight is 456 g/mol. The van der Waals surface area contributed by atoms with Gasteiger partial charge in [-0.15, -0.1) is 0 Å². The van der Waals surface area contributed by atoms with E-state index in [1.54, 1.807) is 23.4 Å². The minimum Gasteiger partial charge on any atom is -0.484 e. The van der Waals surface area contributed by atoms with Gasteiger partial charge in [-0.1, -0.05) is 18.2 Å². The number of nitrogens with one attached hydrogen (secondary N) is 2. The highest BCUT2D eigenvalue weighted by Crippen LogP contribution is 2.24. The van der Waals surface area contributed by atoms with E-state index in [-0.39, 0.29) is 18.4 Å². The molecule has 1 aliphatic heterocycles. The number of aromatic nitrogens is 3. The van der Waals surface area contributed by atoms with Gasteiger partial charge in [0.1, 0.15) is 5.75 Å². The number of fused-ring (bicyclic) bond motifs is 2. The van der Waals surface area contributed by atoms with Crippen LogP contribution in [0, 0.1) is 6.92 Å². The number of benzene rings is 2. The zero-order valence-electron chi connectivity index (χ0n) is 18.9. The van der Waals surface area contributed by atoms with E-state index in [1.165, 1.54) is 0 Å². The summed E-state index contributed by atoms with van der Waals surface area (Å²) in [5, 5.41) is 3.02. The van der Waals surface area contributed by atoms with Crippen LogP contribution in [0.25, 0.3) is 11.0 Å². The summed E-state index contributed by atoms with van der Waals surface area (Å²) in [4.78, 5) is 39.0. The van der Waals surface area contributed by atoms with Crippen LogP contribution in [0.3, 0.4) is 0 Å². The first kappa shape index (κ1) is 21.6. The topological polar surface area (TPSA) is 100 Å². The number of rotatable bonds is 6. The molecule has 0 bridgehead atoms. The highest BCUT2D eigenvalue weighted by molar-refractivity contribution is 5.97. The van der Waals surface area contributed by atoms with E-state index < -0.39 is 0 Å². The van der Waals surface area contributed by atoms with E-state index in [1.807, 2.05) is 49.5 Å². The van der Waals surface area contributed by atoms with Gasteiger partial charge in [-0.2, -0.15) is 0 Å². The van der Waals surface area contributed by atoms with Crippen LogP contribution in [-0.2, 0) is 24.3 Å². The van der Waals surface area contributed by atoms with Crippen molar-refractivity contribution >= 4 is 22.8 Å². The Balaban J connectivity index is 1.24. The van der Waals surface area contributed by atoms with Crippen LogP contribution < -0.4 is 10.1 Å². The number of hydrogen-bond acceptors (Lipinski definition) is 5. The number of ether oxygens (including phenoxy) is 1. The number of imidazole rings is 1. The van der Waals surface area contributed by atoms with E-state index in [4.69, 9.17) is 4.74 Å². The Labute approximate surface area is 197 Å². The van der Waals surface area contributed by atoms with Crippen LogP contribution in [0.2, 0.25) is 0 Å². The summed E-state index contributed by atoms with van der Waals surface area (Å²) in [7, 11) is 0. The van der Waals surface area contributed by atoms with Crippen molar-refractivity contribution in [2.45, 2.75) is 26.4 Å². The lowest BCUT2D eigenvalue weighted by molar-refractivity contribution is -0.134. The third-order valence-corrected chi connectivity index (χ3v) is 6.16. The van der Waals surface area contributed by atoms with Gasteiger partial charge in [0, 0.05) is 37.1 Å². The van der Waals surface area contributed by atoms with Crippen LogP contribution in [0.15, 0.2) is 61.1 Å². The fraction of sp³-hybridized carbons (Fsp3) is 0.231. The summed E-state index contributed by atoms with van der Waals surface area (Å²) < 4.78 is 5.62. The maximum atomic E-state index is 12.8. The molecule has 2 aromatic carbocycles. The molecule has 2 N–H and O–H groups in total. The third-order valence-electron chi connectivity index (χ3n) is 6.16. The van der Waals surface area contributed by atoms with E-state index in [0.29, 0.717) is 37.4 Å². The van der Waals surface area contributed by atoms with Crippen LogP contribution in [0.5, 0.6) is 5.75 Å². The molecule has 0 radical (unpaired) electrons. The molecule has 5 rings (SSSR count).